The first-order valence-corrected chi connectivity index (χ1v) is 9.47. The minimum atomic E-state index is -3.42. The third-order valence-corrected chi connectivity index (χ3v) is 5.65. The molecule has 0 amide bonds. The van der Waals surface area contributed by atoms with Crippen LogP contribution in [0.1, 0.15) is 32.3 Å². The first-order valence-electron chi connectivity index (χ1n) is 7.20. The zero-order chi connectivity index (χ0) is 16.0. The van der Waals surface area contributed by atoms with Crippen LogP contribution in [0, 0.1) is 6.92 Å². The van der Waals surface area contributed by atoms with E-state index in [1.807, 2.05) is 6.07 Å². The molecule has 0 atom stereocenters. The molecule has 0 aliphatic carbocycles. The second-order valence-corrected chi connectivity index (χ2v) is 8.24. The van der Waals surface area contributed by atoms with Gasteiger partial charge < -0.3 is 4.90 Å². The fraction of sp³-hybridized carbons (Fsp3) is 0.600. The Bertz CT molecular complexity index is 559. The summed E-state index contributed by atoms with van der Waals surface area (Å²) in [4.78, 5) is 2.60. The number of benzene rings is 1. The normalized spacial score (nSPS) is 12.3. The molecule has 1 aromatic carbocycles. The second kappa shape index (κ2) is 8.27. The zero-order valence-electron chi connectivity index (χ0n) is 13.2. The minimum absolute atomic E-state index is 0.344. The number of hydrogen-bond donors (Lipinski definition) is 1. The highest BCUT2D eigenvalue weighted by Gasteiger charge is 2.16. The zero-order valence-corrected chi connectivity index (χ0v) is 15.6. The monoisotopic (exact) mass is 376 g/mol. The average Bonchev–Trinajstić information content (AvgIpc) is 2.40. The first-order chi connectivity index (χ1) is 9.74. The Morgan fingerprint density at radius 2 is 1.95 bits per heavy atom. The first kappa shape index (κ1) is 18.6. The van der Waals surface area contributed by atoms with E-state index in [1.54, 1.807) is 19.1 Å². The van der Waals surface area contributed by atoms with Gasteiger partial charge in [-0.25, -0.2) is 13.1 Å². The van der Waals surface area contributed by atoms with Gasteiger partial charge in [-0.05, 0) is 64.9 Å². The van der Waals surface area contributed by atoms with Crippen LogP contribution in [0.4, 0.5) is 0 Å². The van der Waals surface area contributed by atoms with E-state index >= 15 is 0 Å². The van der Waals surface area contributed by atoms with Gasteiger partial charge in [0.1, 0.15) is 0 Å². The Hall–Kier alpha value is -0.430. The lowest BCUT2D eigenvalue weighted by atomic mass is 10.2. The maximum absolute atomic E-state index is 12.3. The third-order valence-electron chi connectivity index (χ3n) is 3.55. The van der Waals surface area contributed by atoms with Crippen LogP contribution in [-0.4, -0.2) is 39.5 Å². The van der Waals surface area contributed by atoms with Crippen LogP contribution in [0.2, 0.25) is 0 Å². The van der Waals surface area contributed by atoms with Crippen LogP contribution >= 0.6 is 15.9 Å². The van der Waals surface area contributed by atoms with Gasteiger partial charge in [0.25, 0.3) is 0 Å². The number of nitrogens with zero attached hydrogens (tertiary/aromatic N) is 1. The molecule has 1 aromatic rings. The summed E-state index contributed by atoms with van der Waals surface area (Å²) in [6.07, 6.45) is 1.82. The highest BCUT2D eigenvalue weighted by atomic mass is 79.9. The molecule has 0 aliphatic rings. The number of unbranched alkanes of at least 4 members (excludes halogenated alkanes) is 1. The van der Waals surface area contributed by atoms with Gasteiger partial charge in [-0.3, -0.25) is 0 Å². The highest BCUT2D eigenvalue weighted by molar-refractivity contribution is 9.10. The van der Waals surface area contributed by atoms with E-state index in [4.69, 9.17) is 0 Å². The number of sulfonamides is 1. The largest absolute Gasteiger partial charge is 0.304 e. The van der Waals surface area contributed by atoms with Crippen molar-refractivity contribution in [2.75, 3.05) is 20.1 Å². The molecular formula is C15H25BrN2O2S. The average molecular weight is 377 g/mol. The number of rotatable bonds is 8. The van der Waals surface area contributed by atoms with Gasteiger partial charge in [0.15, 0.2) is 0 Å². The third kappa shape index (κ3) is 6.06. The van der Waals surface area contributed by atoms with Gasteiger partial charge >= 0.3 is 0 Å². The lowest BCUT2D eigenvalue weighted by Gasteiger charge is -2.20. The van der Waals surface area contributed by atoms with Crippen LogP contribution in [0.5, 0.6) is 0 Å². The van der Waals surface area contributed by atoms with Crippen LogP contribution in [0.25, 0.3) is 0 Å². The van der Waals surface area contributed by atoms with Gasteiger partial charge in [-0.15, -0.1) is 0 Å². The number of hydrogen-bond acceptors (Lipinski definition) is 3. The number of nitrogens with one attached hydrogen (secondary N) is 1. The predicted molar refractivity (Wildman–Crippen MR) is 91.1 cm³/mol. The van der Waals surface area contributed by atoms with Crippen molar-refractivity contribution in [2.45, 2.75) is 44.6 Å². The van der Waals surface area contributed by atoms with Crippen molar-refractivity contribution in [1.29, 1.82) is 0 Å². The molecule has 0 bridgehead atoms. The molecule has 6 heteroatoms. The van der Waals surface area contributed by atoms with Crippen molar-refractivity contribution < 1.29 is 8.42 Å². The summed E-state index contributed by atoms with van der Waals surface area (Å²) in [6.45, 7) is 7.56. The summed E-state index contributed by atoms with van der Waals surface area (Å²) >= 11 is 3.31. The van der Waals surface area contributed by atoms with Gasteiger partial charge in [0.05, 0.1) is 4.90 Å². The molecule has 1 rings (SSSR count). The molecule has 4 nitrogen and oxygen atoms in total. The van der Waals surface area contributed by atoms with Crippen molar-refractivity contribution in [3.05, 3.63) is 28.2 Å². The summed E-state index contributed by atoms with van der Waals surface area (Å²) in [5.74, 6) is 0. The van der Waals surface area contributed by atoms with E-state index in [-0.39, 0.29) is 0 Å². The Morgan fingerprint density at radius 1 is 1.29 bits per heavy atom. The van der Waals surface area contributed by atoms with Crippen molar-refractivity contribution in [1.82, 2.24) is 9.62 Å². The molecule has 1 N–H and O–H groups in total. The molecule has 0 heterocycles. The minimum Gasteiger partial charge on any atom is -0.304 e. The lowest BCUT2D eigenvalue weighted by molar-refractivity contribution is 0.268. The standard InChI is InChI=1S/C15H25BrN2O2S/c1-12(2)18(4)10-6-5-9-17-21(19,20)15-11-14(16)8-7-13(15)3/h7-8,11-12,17H,5-6,9-10H2,1-4H3. The van der Waals surface area contributed by atoms with Crippen LogP contribution in [0.3, 0.4) is 0 Å². The summed E-state index contributed by atoms with van der Waals surface area (Å²) in [5, 5.41) is 0. The van der Waals surface area contributed by atoms with E-state index in [0.717, 1.165) is 29.4 Å². The maximum Gasteiger partial charge on any atom is 0.240 e. The van der Waals surface area contributed by atoms with Crippen LogP contribution < -0.4 is 4.72 Å². The van der Waals surface area contributed by atoms with E-state index < -0.39 is 10.0 Å². The Balaban J connectivity index is 2.49. The predicted octanol–water partition coefficient (Wildman–Crippen LogP) is 3.16. The van der Waals surface area contributed by atoms with E-state index in [1.165, 1.54) is 0 Å². The molecule has 0 saturated carbocycles. The van der Waals surface area contributed by atoms with Crippen molar-refractivity contribution in [3.8, 4) is 0 Å². The second-order valence-electron chi connectivity index (χ2n) is 5.59. The molecule has 0 saturated heterocycles. The Kier molecular flexibility index (Phi) is 7.33. The molecule has 0 spiro atoms. The van der Waals surface area contributed by atoms with Gasteiger partial charge in [0.2, 0.25) is 10.0 Å². The van der Waals surface area contributed by atoms with E-state index in [9.17, 15) is 8.42 Å². The summed E-state index contributed by atoms with van der Waals surface area (Å²) < 4.78 is 28.0. The number of aryl methyl sites for hydroxylation is 1. The molecular weight excluding hydrogens is 352 g/mol. The molecule has 0 aliphatic heterocycles. The van der Waals surface area contributed by atoms with Crippen molar-refractivity contribution >= 4 is 26.0 Å². The van der Waals surface area contributed by atoms with Crippen LogP contribution in [-0.2, 0) is 10.0 Å². The molecule has 0 fully saturated rings. The summed E-state index contributed by atoms with van der Waals surface area (Å²) in [7, 11) is -1.34. The highest BCUT2D eigenvalue weighted by Crippen LogP contribution is 2.20. The van der Waals surface area contributed by atoms with Crippen LogP contribution in [0.15, 0.2) is 27.6 Å². The van der Waals surface area contributed by atoms with Crippen molar-refractivity contribution in [3.63, 3.8) is 0 Å². The molecule has 0 unspecified atom stereocenters. The van der Waals surface area contributed by atoms with Gasteiger partial charge in [-0.2, -0.15) is 0 Å². The SMILES string of the molecule is Cc1ccc(Br)cc1S(=O)(=O)NCCCCN(C)C(C)C. The Morgan fingerprint density at radius 3 is 2.57 bits per heavy atom. The Labute approximate surface area is 137 Å². The molecule has 0 radical (unpaired) electrons. The van der Waals surface area contributed by atoms with Gasteiger partial charge in [0, 0.05) is 17.1 Å². The number of halogens is 1. The maximum atomic E-state index is 12.3. The van der Waals surface area contributed by atoms with E-state index in [0.29, 0.717) is 17.5 Å². The molecule has 0 aromatic heterocycles. The molecule has 21 heavy (non-hydrogen) atoms. The van der Waals surface area contributed by atoms with E-state index in [2.05, 4.69) is 46.4 Å². The smallest absolute Gasteiger partial charge is 0.240 e. The lowest BCUT2D eigenvalue weighted by Crippen LogP contribution is -2.29. The topological polar surface area (TPSA) is 49.4 Å². The fourth-order valence-corrected chi connectivity index (χ4v) is 3.75. The fourth-order valence-electron chi connectivity index (χ4n) is 1.89. The van der Waals surface area contributed by atoms with Crippen molar-refractivity contribution in [2.24, 2.45) is 0 Å². The summed E-state index contributed by atoms with van der Waals surface area (Å²) in [5.41, 5.74) is 0.755. The summed E-state index contributed by atoms with van der Waals surface area (Å²) in [6, 6.07) is 5.81. The van der Waals surface area contributed by atoms with Gasteiger partial charge in [-0.1, -0.05) is 22.0 Å². The molecule has 120 valence electrons. The quantitative estimate of drug-likeness (QED) is 0.708.